The Kier molecular flexibility index (Phi) is 4.45. The SMILES string of the molecule is CCCNc1cccc(CN2C(=O)NC(C)(CC)C2=O)n1. The molecule has 0 bridgehead atoms. The predicted octanol–water partition coefficient (Wildman–Crippen LogP) is 2.12. The number of hydrogen-bond acceptors (Lipinski definition) is 4. The zero-order chi connectivity index (χ0) is 15.5. The molecule has 2 N–H and O–H groups in total. The van der Waals surface area contributed by atoms with Gasteiger partial charge in [0, 0.05) is 6.54 Å². The van der Waals surface area contributed by atoms with Crippen LogP contribution in [0.5, 0.6) is 0 Å². The van der Waals surface area contributed by atoms with E-state index in [1.54, 1.807) is 6.92 Å². The Morgan fingerprint density at radius 1 is 1.33 bits per heavy atom. The molecule has 1 aliphatic heterocycles. The van der Waals surface area contributed by atoms with Crippen LogP contribution in [0.3, 0.4) is 0 Å². The van der Waals surface area contributed by atoms with Crippen LogP contribution < -0.4 is 10.6 Å². The van der Waals surface area contributed by atoms with Crippen molar-refractivity contribution in [3.8, 4) is 0 Å². The van der Waals surface area contributed by atoms with E-state index in [-0.39, 0.29) is 18.5 Å². The third kappa shape index (κ3) is 3.15. The van der Waals surface area contributed by atoms with Crippen molar-refractivity contribution in [2.24, 2.45) is 0 Å². The maximum atomic E-state index is 12.3. The minimum Gasteiger partial charge on any atom is -0.370 e. The molecule has 1 saturated heterocycles. The van der Waals surface area contributed by atoms with Gasteiger partial charge in [-0.3, -0.25) is 9.69 Å². The monoisotopic (exact) mass is 290 g/mol. The Labute approximate surface area is 124 Å². The van der Waals surface area contributed by atoms with E-state index in [0.717, 1.165) is 18.8 Å². The van der Waals surface area contributed by atoms with Crippen molar-refractivity contribution in [3.05, 3.63) is 23.9 Å². The average Bonchev–Trinajstić information content (AvgIpc) is 2.70. The second kappa shape index (κ2) is 6.11. The largest absolute Gasteiger partial charge is 0.370 e. The van der Waals surface area contributed by atoms with Gasteiger partial charge in [0.25, 0.3) is 5.91 Å². The van der Waals surface area contributed by atoms with Crippen molar-refractivity contribution < 1.29 is 9.59 Å². The quantitative estimate of drug-likeness (QED) is 0.787. The number of aromatic nitrogens is 1. The fraction of sp³-hybridized carbons (Fsp3) is 0.533. The molecule has 0 aromatic carbocycles. The molecule has 1 atom stereocenters. The van der Waals surface area contributed by atoms with Crippen LogP contribution in [0.25, 0.3) is 0 Å². The van der Waals surface area contributed by atoms with E-state index in [9.17, 15) is 9.59 Å². The number of nitrogens with zero attached hydrogens (tertiary/aromatic N) is 2. The minimum atomic E-state index is -0.796. The van der Waals surface area contributed by atoms with Crippen LogP contribution in [0.2, 0.25) is 0 Å². The average molecular weight is 290 g/mol. The van der Waals surface area contributed by atoms with Crippen LogP contribution in [0, 0.1) is 0 Å². The maximum Gasteiger partial charge on any atom is 0.325 e. The summed E-state index contributed by atoms with van der Waals surface area (Å²) in [7, 11) is 0. The fourth-order valence-electron chi connectivity index (χ4n) is 2.21. The zero-order valence-corrected chi connectivity index (χ0v) is 12.8. The topological polar surface area (TPSA) is 74.3 Å². The van der Waals surface area contributed by atoms with Gasteiger partial charge in [0.1, 0.15) is 11.4 Å². The molecule has 1 unspecified atom stereocenters. The van der Waals surface area contributed by atoms with Crippen molar-refractivity contribution >= 4 is 17.8 Å². The van der Waals surface area contributed by atoms with Crippen LogP contribution in [0.1, 0.15) is 39.3 Å². The van der Waals surface area contributed by atoms with E-state index >= 15 is 0 Å². The molecule has 6 heteroatoms. The third-order valence-corrected chi connectivity index (χ3v) is 3.74. The van der Waals surface area contributed by atoms with Gasteiger partial charge in [-0.1, -0.05) is 19.9 Å². The molecule has 0 aliphatic carbocycles. The normalized spacial score (nSPS) is 21.6. The molecule has 6 nitrogen and oxygen atoms in total. The Balaban J connectivity index is 2.11. The molecule has 0 saturated carbocycles. The van der Waals surface area contributed by atoms with Gasteiger partial charge in [-0.2, -0.15) is 0 Å². The standard InChI is InChI=1S/C15H22N4O2/c1-4-9-16-12-8-6-7-11(17-12)10-19-13(20)15(3,5-2)18-14(19)21/h6-8H,4-5,9-10H2,1-3H3,(H,16,17)(H,18,21). The highest BCUT2D eigenvalue weighted by Crippen LogP contribution is 2.22. The highest BCUT2D eigenvalue weighted by atomic mass is 16.2. The minimum absolute atomic E-state index is 0.191. The first kappa shape index (κ1) is 15.3. The van der Waals surface area contributed by atoms with Gasteiger partial charge in [0.2, 0.25) is 0 Å². The van der Waals surface area contributed by atoms with Crippen molar-refractivity contribution in [3.63, 3.8) is 0 Å². The van der Waals surface area contributed by atoms with Crippen molar-refractivity contribution in [2.75, 3.05) is 11.9 Å². The van der Waals surface area contributed by atoms with Crippen LogP contribution in [-0.4, -0.2) is 33.9 Å². The molecule has 1 aliphatic rings. The van der Waals surface area contributed by atoms with Crippen LogP contribution in [-0.2, 0) is 11.3 Å². The second-order valence-corrected chi connectivity index (χ2v) is 5.45. The summed E-state index contributed by atoms with van der Waals surface area (Å²) in [6.45, 7) is 6.75. The molecule has 3 amide bonds. The number of urea groups is 1. The number of nitrogens with one attached hydrogen (secondary N) is 2. The lowest BCUT2D eigenvalue weighted by molar-refractivity contribution is -0.131. The third-order valence-electron chi connectivity index (χ3n) is 3.74. The van der Waals surface area contributed by atoms with Gasteiger partial charge < -0.3 is 10.6 Å². The molecule has 2 heterocycles. The molecule has 1 fully saturated rings. The van der Waals surface area contributed by atoms with E-state index in [2.05, 4.69) is 22.5 Å². The highest BCUT2D eigenvalue weighted by molar-refractivity contribution is 6.06. The molecule has 21 heavy (non-hydrogen) atoms. The summed E-state index contributed by atoms with van der Waals surface area (Å²) < 4.78 is 0. The summed E-state index contributed by atoms with van der Waals surface area (Å²) in [5.41, 5.74) is -0.102. The van der Waals surface area contributed by atoms with Gasteiger partial charge in [-0.05, 0) is 31.9 Å². The van der Waals surface area contributed by atoms with Crippen LogP contribution >= 0.6 is 0 Å². The maximum absolute atomic E-state index is 12.3. The summed E-state index contributed by atoms with van der Waals surface area (Å²) in [5, 5.41) is 5.94. The van der Waals surface area contributed by atoms with E-state index in [1.807, 2.05) is 25.1 Å². The molecular formula is C15H22N4O2. The Morgan fingerprint density at radius 3 is 2.71 bits per heavy atom. The van der Waals surface area contributed by atoms with E-state index < -0.39 is 5.54 Å². The van der Waals surface area contributed by atoms with E-state index in [1.165, 1.54) is 4.90 Å². The van der Waals surface area contributed by atoms with Crippen LogP contribution in [0.4, 0.5) is 10.6 Å². The van der Waals surface area contributed by atoms with Gasteiger partial charge >= 0.3 is 6.03 Å². The lowest BCUT2D eigenvalue weighted by Crippen LogP contribution is -2.43. The summed E-state index contributed by atoms with van der Waals surface area (Å²) >= 11 is 0. The molecule has 114 valence electrons. The number of imide groups is 1. The number of carbonyl (C=O) groups excluding carboxylic acids is 2. The van der Waals surface area contributed by atoms with E-state index in [0.29, 0.717) is 12.1 Å². The zero-order valence-electron chi connectivity index (χ0n) is 12.8. The van der Waals surface area contributed by atoms with Gasteiger partial charge in [0.05, 0.1) is 12.2 Å². The number of carbonyl (C=O) groups is 2. The van der Waals surface area contributed by atoms with E-state index in [4.69, 9.17) is 0 Å². The Hall–Kier alpha value is -2.11. The molecule has 1 aromatic rings. The summed E-state index contributed by atoms with van der Waals surface area (Å²) in [5.74, 6) is 0.573. The second-order valence-electron chi connectivity index (χ2n) is 5.45. The van der Waals surface area contributed by atoms with Gasteiger partial charge in [0.15, 0.2) is 0 Å². The smallest absolute Gasteiger partial charge is 0.325 e. The summed E-state index contributed by atoms with van der Waals surface area (Å²) in [6, 6.07) is 5.22. The number of amides is 3. The Morgan fingerprint density at radius 2 is 2.10 bits per heavy atom. The van der Waals surface area contributed by atoms with Gasteiger partial charge in [-0.25, -0.2) is 9.78 Å². The first-order chi connectivity index (χ1) is 10.00. The predicted molar refractivity (Wildman–Crippen MR) is 80.8 cm³/mol. The molecule has 0 radical (unpaired) electrons. The summed E-state index contributed by atoms with van der Waals surface area (Å²) in [6.07, 6.45) is 1.58. The van der Waals surface area contributed by atoms with Crippen molar-refractivity contribution in [1.29, 1.82) is 0 Å². The van der Waals surface area contributed by atoms with Crippen molar-refractivity contribution in [2.45, 2.75) is 45.7 Å². The lowest BCUT2D eigenvalue weighted by Gasteiger charge is -2.19. The molecule has 0 spiro atoms. The van der Waals surface area contributed by atoms with Crippen LogP contribution in [0.15, 0.2) is 18.2 Å². The molecule has 1 aromatic heterocycles. The Bertz CT molecular complexity index is 546. The number of anilines is 1. The highest BCUT2D eigenvalue weighted by Gasteiger charge is 2.46. The fourth-order valence-corrected chi connectivity index (χ4v) is 2.21. The molecular weight excluding hydrogens is 268 g/mol. The molecule has 2 rings (SSSR count). The lowest BCUT2D eigenvalue weighted by atomic mass is 9.99. The number of hydrogen-bond donors (Lipinski definition) is 2. The summed E-state index contributed by atoms with van der Waals surface area (Å²) in [4.78, 5) is 30.0. The van der Waals surface area contributed by atoms with Gasteiger partial charge in [-0.15, -0.1) is 0 Å². The number of pyridine rings is 1. The number of rotatable bonds is 6. The first-order valence-electron chi connectivity index (χ1n) is 7.34. The van der Waals surface area contributed by atoms with Crippen molar-refractivity contribution in [1.82, 2.24) is 15.2 Å². The first-order valence-corrected chi connectivity index (χ1v) is 7.34.